The lowest BCUT2D eigenvalue weighted by molar-refractivity contribution is 0.0670. The third-order valence-corrected chi connectivity index (χ3v) is 5.54. The van der Waals surface area contributed by atoms with Gasteiger partial charge >= 0.3 is 6.09 Å². The molecular weight excluding hydrogens is 433 g/mol. The molecule has 0 spiro atoms. The van der Waals surface area contributed by atoms with Gasteiger partial charge < -0.3 is 10.1 Å². The maximum Gasteiger partial charge on any atom is 0.408 e. The van der Waals surface area contributed by atoms with Crippen molar-refractivity contribution in [2.45, 2.75) is 38.8 Å². The van der Waals surface area contributed by atoms with Crippen LogP contribution in [0.5, 0.6) is 0 Å². The zero-order valence-corrected chi connectivity index (χ0v) is 18.6. The van der Waals surface area contributed by atoms with E-state index in [-0.39, 0.29) is 5.82 Å². The molecule has 32 heavy (non-hydrogen) atoms. The van der Waals surface area contributed by atoms with Crippen molar-refractivity contribution in [3.8, 4) is 11.4 Å². The predicted molar refractivity (Wildman–Crippen MR) is 121 cm³/mol. The summed E-state index contributed by atoms with van der Waals surface area (Å²) < 4.78 is 13.3. The smallest absolute Gasteiger partial charge is 0.408 e. The van der Waals surface area contributed by atoms with Crippen molar-refractivity contribution >= 4 is 28.6 Å². The fourth-order valence-electron chi connectivity index (χ4n) is 3.88. The van der Waals surface area contributed by atoms with Gasteiger partial charge in [-0.1, -0.05) is 11.6 Å². The first kappa shape index (κ1) is 21.8. The van der Waals surface area contributed by atoms with Crippen molar-refractivity contribution in [3.63, 3.8) is 0 Å². The summed E-state index contributed by atoms with van der Waals surface area (Å²) in [6.45, 7) is 5.49. The molecule has 0 saturated heterocycles. The van der Waals surface area contributed by atoms with E-state index in [1.807, 2.05) is 39.1 Å². The Balaban J connectivity index is 1.78. The number of aromatic nitrogens is 4. The monoisotopic (exact) mass is 455 g/mol. The van der Waals surface area contributed by atoms with Crippen LogP contribution < -0.4 is 0 Å². The van der Waals surface area contributed by atoms with Gasteiger partial charge in [0.2, 0.25) is 0 Å². The molecule has 4 aromatic rings. The number of aromatic amines is 2. The number of halogens is 2. The van der Waals surface area contributed by atoms with Crippen LogP contribution in [0.3, 0.4) is 0 Å². The summed E-state index contributed by atoms with van der Waals surface area (Å²) in [7, 11) is 0. The highest BCUT2D eigenvalue weighted by Crippen LogP contribution is 2.33. The summed E-state index contributed by atoms with van der Waals surface area (Å²) in [5.41, 5.74) is 1.74. The molecule has 2 heterocycles. The summed E-state index contributed by atoms with van der Waals surface area (Å²) in [4.78, 5) is 21.5. The third-order valence-electron chi connectivity index (χ3n) is 5.30. The number of rotatable bonds is 5. The summed E-state index contributed by atoms with van der Waals surface area (Å²) in [6, 6.07) is 10.7. The molecule has 4 rings (SSSR count). The molecule has 1 unspecified atom stereocenters. The summed E-state index contributed by atoms with van der Waals surface area (Å²) >= 11 is 6.20. The van der Waals surface area contributed by atoms with E-state index in [1.165, 1.54) is 17.0 Å². The number of amides is 1. The standard InChI is InChI=1S/C23H23ClFN5O2/c1-23(2,3)30(22(31)32)19(10-14-12-26-18-9-6-15(24)11-17(14)18)21-27-20(28-29-21)13-4-7-16(25)8-5-13/h4-9,11-12,19,26H,10H2,1-3H3,(H,31,32)(H,27,28,29). The van der Waals surface area contributed by atoms with Crippen molar-refractivity contribution in [1.82, 2.24) is 25.1 Å². The predicted octanol–water partition coefficient (Wildman–Crippen LogP) is 5.81. The van der Waals surface area contributed by atoms with Gasteiger partial charge in [0.1, 0.15) is 11.6 Å². The molecule has 0 aliphatic rings. The van der Waals surface area contributed by atoms with Crippen LogP contribution in [0.4, 0.5) is 9.18 Å². The van der Waals surface area contributed by atoms with Gasteiger partial charge in [0.25, 0.3) is 0 Å². The number of hydrogen-bond acceptors (Lipinski definition) is 3. The third kappa shape index (κ3) is 4.31. The molecule has 166 valence electrons. The molecule has 0 bridgehead atoms. The number of benzene rings is 2. The zero-order valence-electron chi connectivity index (χ0n) is 17.9. The van der Waals surface area contributed by atoms with Gasteiger partial charge in [-0.25, -0.2) is 14.2 Å². The van der Waals surface area contributed by atoms with Crippen LogP contribution in [-0.4, -0.2) is 41.8 Å². The highest BCUT2D eigenvalue weighted by molar-refractivity contribution is 6.31. The Kier molecular flexibility index (Phi) is 5.64. The molecular formula is C23H23ClFN5O2. The van der Waals surface area contributed by atoms with E-state index >= 15 is 0 Å². The van der Waals surface area contributed by atoms with E-state index < -0.39 is 17.7 Å². The van der Waals surface area contributed by atoms with Crippen LogP contribution in [0, 0.1) is 5.82 Å². The van der Waals surface area contributed by atoms with E-state index in [2.05, 4.69) is 20.2 Å². The van der Waals surface area contributed by atoms with E-state index in [4.69, 9.17) is 11.6 Å². The Morgan fingerprint density at radius 2 is 1.94 bits per heavy atom. The van der Waals surface area contributed by atoms with Crippen LogP contribution in [0.2, 0.25) is 5.02 Å². The normalized spacial score (nSPS) is 12.8. The van der Waals surface area contributed by atoms with Gasteiger partial charge in [0.15, 0.2) is 5.82 Å². The van der Waals surface area contributed by atoms with Crippen LogP contribution in [0.25, 0.3) is 22.3 Å². The largest absolute Gasteiger partial charge is 0.465 e. The van der Waals surface area contributed by atoms with Crippen molar-refractivity contribution in [3.05, 3.63) is 70.9 Å². The molecule has 1 amide bonds. The molecule has 0 aliphatic carbocycles. The first-order valence-corrected chi connectivity index (χ1v) is 10.5. The first-order chi connectivity index (χ1) is 15.1. The van der Waals surface area contributed by atoms with Gasteiger partial charge in [0, 0.05) is 39.6 Å². The maximum atomic E-state index is 13.3. The molecule has 0 radical (unpaired) electrons. The van der Waals surface area contributed by atoms with Crippen molar-refractivity contribution in [2.24, 2.45) is 0 Å². The lowest BCUT2D eigenvalue weighted by Crippen LogP contribution is -2.48. The minimum atomic E-state index is -1.07. The number of nitrogens with one attached hydrogen (secondary N) is 2. The first-order valence-electron chi connectivity index (χ1n) is 10.1. The van der Waals surface area contributed by atoms with Gasteiger partial charge in [-0.15, -0.1) is 0 Å². The lowest BCUT2D eigenvalue weighted by atomic mass is 9.97. The average molecular weight is 456 g/mol. The van der Waals surface area contributed by atoms with Gasteiger partial charge in [-0.3, -0.25) is 10.00 Å². The Morgan fingerprint density at radius 3 is 2.59 bits per heavy atom. The van der Waals surface area contributed by atoms with E-state index in [0.717, 1.165) is 16.5 Å². The second kappa shape index (κ2) is 8.27. The molecule has 9 heteroatoms. The van der Waals surface area contributed by atoms with Crippen molar-refractivity contribution in [1.29, 1.82) is 0 Å². The lowest BCUT2D eigenvalue weighted by Gasteiger charge is -2.38. The number of fused-ring (bicyclic) bond motifs is 1. The summed E-state index contributed by atoms with van der Waals surface area (Å²) in [5, 5.41) is 18.7. The maximum absolute atomic E-state index is 13.3. The number of H-pyrrole nitrogens is 2. The second-order valence-corrected chi connectivity index (χ2v) is 9.03. The quantitative estimate of drug-likeness (QED) is 0.353. The van der Waals surface area contributed by atoms with Gasteiger partial charge in [-0.05, 0) is 68.8 Å². The number of nitrogens with zero attached hydrogens (tertiary/aromatic N) is 3. The molecule has 2 aromatic carbocycles. The molecule has 2 aromatic heterocycles. The van der Waals surface area contributed by atoms with Gasteiger partial charge in [-0.2, -0.15) is 5.10 Å². The number of hydrogen-bond donors (Lipinski definition) is 3. The number of carbonyl (C=O) groups is 1. The highest BCUT2D eigenvalue weighted by Gasteiger charge is 2.36. The molecule has 1 atom stereocenters. The molecule has 0 saturated carbocycles. The van der Waals surface area contributed by atoms with Crippen molar-refractivity contribution < 1.29 is 14.3 Å². The Bertz CT molecular complexity index is 1260. The Morgan fingerprint density at radius 1 is 1.22 bits per heavy atom. The average Bonchev–Trinajstić information content (AvgIpc) is 3.34. The Labute approximate surface area is 189 Å². The summed E-state index contributed by atoms with van der Waals surface area (Å²) in [5.74, 6) is 0.411. The fraction of sp³-hybridized carbons (Fsp3) is 0.261. The van der Waals surface area contributed by atoms with Gasteiger partial charge in [0.05, 0.1) is 6.04 Å². The van der Waals surface area contributed by atoms with E-state index in [1.54, 1.807) is 18.2 Å². The van der Waals surface area contributed by atoms with E-state index in [9.17, 15) is 14.3 Å². The van der Waals surface area contributed by atoms with Crippen LogP contribution in [-0.2, 0) is 6.42 Å². The van der Waals surface area contributed by atoms with Crippen molar-refractivity contribution in [2.75, 3.05) is 0 Å². The minimum Gasteiger partial charge on any atom is -0.465 e. The van der Waals surface area contributed by atoms with E-state index in [0.29, 0.717) is 28.7 Å². The fourth-order valence-corrected chi connectivity index (χ4v) is 4.05. The molecule has 0 aliphatic heterocycles. The second-order valence-electron chi connectivity index (χ2n) is 8.60. The molecule has 7 nitrogen and oxygen atoms in total. The molecule has 0 fully saturated rings. The Hall–Kier alpha value is -3.39. The van der Waals surface area contributed by atoms with Crippen LogP contribution in [0.1, 0.15) is 38.2 Å². The zero-order chi connectivity index (χ0) is 23.0. The highest BCUT2D eigenvalue weighted by atomic mass is 35.5. The number of carboxylic acid groups (broad SMARTS) is 1. The minimum absolute atomic E-state index is 0.349. The topological polar surface area (TPSA) is 97.9 Å². The molecule has 3 N–H and O–H groups in total. The van der Waals surface area contributed by atoms with Crippen LogP contribution >= 0.6 is 11.6 Å². The summed E-state index contributed by atoms with van der Waals surface area (Å²) in [6.07, 6.45) is 1.13. The van der Waals surface area contributed by atoms with Crippen LogP contribution in [0.15, 0.2) is 48.7 Å². The SMILES string of the molecule is CC(C)(C)N(C(=O)O)C(Cc1c[nH]c2ccc(Cl)cc12)c1nc(-c2ccc(F)cc2)n[nH]1.